The predicted molar refractivity (Wildman–Crippen MR) is 109 cm³/mol. The molecule has 2 aromatic carbocycles. The fourth-order valence-electron chi connectivity index (χ4n) is 2.29. The lowest BCUT2D eigenvalue weighted by Crippen LogP contribution is -2.23. The smallest absolute Gasteiger partial charge is 0.191 e. The van der Waals surface area contributed by atoms with Gasteiger partial charge in [0.05, 0.1) is 12.8 Å². The van der Waals surface area contributed by atoms with Crippen molar-refractivity contribution in [2.75, 3.05) is 11.9 Å². The first-order valence-corrected chi connectivity index (χ1v) is 8.63. The molecule has 2 N–H and O–H groups in total. The number of hydrogen-bond acceptors (Lipinski definition) is 4. The Morgan fingerprint density at radius 1 is 1.08 bits per heavy atom. The molecule has 132 valence electrons. The van der Waals surface area contributed by atoms with Crippen LogP contribution in [0.2, 0.25) is 0 Å². The van der Waals surface area contributed by atoms with Crippen molar-refractivity contribution >= 4 is 29.2 Å². The fourth-order valence-corrected chi connectivity index (χ4v) is 2.47. The Labute approximate surface area is 157 Å². The second-order valence-electron chi connectivity index (χ2n) is 5.35. The highest BCUT2D eigenvalue weighted by Crippen LogP contribution is 2.24. The third kappa shape index (κ3) is 4.94. The van der Waals surface area contributed by atoms with E-state index in [9.17, 15) is 0 Å². The van der Waals surface area contributed by atoms with Crippen LogP contribution < -0.4 is 15.5 Å². The van der Waals surface area contributed by atoms with Crippen LogP contribution in [0.15, 0.2) is 76.2 Å². The number of hydrazone groups is 1. The zero-order chi connectivity index (χ0) is 18.2. The van der Waals surface area contributed by atoms with Crippen molar-refractivity contribution in [3.63, 3.8) is 0 Å². The van der Waals surface area contributed by atoms with Gasteiger partial charge in [-0.25, -0.2) is 0 Å². The summed E-state index contributed by atoms with van der Waals surface area (Å²) in [6.45, 7) is 2.61. The van der Waals surface area contributed by atoms with Gasteiger partial charge >= 0.3 is 0 Å². The molecule has 5 nitrogen and oxygen atoms in total. The van der Waals surface area contributed by atoms with Crippen molar-refractivity contribution in [3.8, 4) is 17.1 Å². The summed E-state index contributed by atoms with van der Waals surface area (Å²) >= 11 is 5.19. The van der Waals surface area contributed by atoms with Gasteiger partial charge in [-0.05, 0) is 67.7 Å². The molecule has 0 saturated carbocycles. The Bertz CT molecular complexity index is 874. The molecule has 0 unspecified atom stereocenters. The topological polar surface area (TPSA) is 58.8 Å². The van der Waals surface area contributed by atoms with Gasteiger partial charge in [0.25, 0.3) is 0 Å². The Kier molecular flexibility index (Phi) is 6.01. The number of thiocarbonyl (C=S) groups is 1. The summed E-state index contributed by atoms with van der Waals surface area (Å²) in [7, 11) is 0. The molecule has 0 radical (unpaired) electrons. The highest BCUT2D eigenvalue weighted by molar-refractivity contribution is 7.80. The molecule has 1 aromatic heterocycles. The van der Waals surface area contributed by atoms with Crippen molar-refractivity contribution in [2.24, 2.45) is 5.10 Å². The first-order chi connectivity index (χ1) is 12.7. The van der Waals surface area contributed by atoms with Gasteiger partial charge in [0.15, 0.2) is 5.11 Å². The average molecular weight is 365 g/mol. The van der Waals surface area contributed by atoms with Gasteiger partial charge in [-0.2, -0.15) is 5.10 Å². The minimum absolute atomic E-state index is 0.408. The van der Waals surface area contributed by atoms with Crippen molar-refractivity contribution in [2.45, 2.75) is 6.92 Å². The second kappa shape index (κ2) is 8.82. The van der Waals surface area contributed by atoms with Crippen molar-refractivity contribution in [1.29, 1.82) is 0 Å². The van der Waals surface area contributed by atoms with Crippen molar-refractivity contribution < 1.29 is 9.15 Å². The van der Waals surface area contributed by atoms with Gasteiger partial charge < -0.3 is 14.5 Å². The summed E-state index contributed by atoms with van der Waals surface area (Å²) in [5.74, 6) is 2.23. The van der Waals surface area contributed by atoms with Crippen LogP contribution in [-0.4, -0.2) is 17.9 Å². The van der Waals surface area contributed by atoms with Crippen LogP contribution >= 0.6 is 12.2 Å². The summed E-state index contributed by atoms with van der Waals surface area (Å²) < 4.78 is 11.2. The van der Waals surface area contributed by atoms with Gasteiger partial charge in [-0.15, -0.1) is 0 Å². The first kappa shape index (κ1) is 17.7. The lowest BCUT2D eigenvalue weighted by atomic mass is 10.2. The summed E-state index contributed by atoms with van der Waals surface area (Å²) in [4.78, 5) is 0. The lowest BCUT2D eigenvalue weighted by Gasteiger charge is -2.05. The maximum atomic E-state index is 5.78. The summed E-state index contributed by atoms with van der Waals surface area (Å²) in [5, 5.41) is 7.54. The van der Waals surface area contributed by atoms with E-state index in [-0.39, 0.29) is 0 Å². The molecule has 0 saturated heterocycles. The van der Waals surface area contributed by atoms with Crippen LogP contribution in [0.1, 0.15) is 12.7 Å². The SMILES string of the molecule is CCOc1ccc(-c2ccc(/C=N/NC(=S)Nc3ccccc3)o2)cc1. The number of anilines is 1. The first-order valence-electron chi connectivity index (χ1n) is 8.23. The number of nitrogens with zero attached hydrogens (tertiary/aromatic N) is 1. The van der Waals surface area contributed by atoms with Gasteiger partial charge in [-0.3, -0.25) is 5.43 Å². The van der Waals surface area contributed by atoms with E-state index in [1.165, 1.54) is 0 Å². The monoisotopic (exact) mass is 365 g/mol. The van der Waals surface area contributed by atoms with E-state index in [2.05, 4.69) is 15.8 Å². The van der Waals surface area contributed by atoms with E-state index < -0.39 is 0 Å². The van der Waals surface area contributed by atoms with Crippen LogP contribution in [0.4, 0.5) is 5.69 Å². The molecule has 1 heterocycles. The molecule has 0 bridgehead atoms. The standard InChI is InChI=1S/C20H19N3O2S/c1-2-24-17-10-8-15(9-11-17)19-13-12-18(25-19)14-21-23-20(26)22-16-6-4-3-5-7-16/h3-14H,2H2,1H3,(H2,22,23,26)/b21-14+. The maximum absolute atomic E-state index is 5.78. The largest absolute Gasteiger partial charge is 0.494 e. The number of rotatable bonds is 6. The van der Waals surface area contributed by atoms with Crippen molar-refractivity contribution in [3.05, 3.63) is 72.5 Å². The minimum atomic E-state index is 0.408. The third-order valence-electron chi connectivity index (χ3n) is 3.47. The lowest BCUT2D eigenvalue weighted by molar-refractivity contribution is 0.340. The van der Waals surface area contributed by atoms with Crippen LogP contribution in [0.5, 0.6) is 5.75 Å². The summed E-state index contributed by atoms with van der Waals surface area (Å²) in [6.07, 6.45) is 1.58. The zero-order valence-corrected chi connectivity index (χ0v) is 15.1. The molecule has 26 heavy (non-hydrogen) atoms. The minimum Gasteiger partial charge on any atom is -0.494 e. The van der Waals surface area contributed by atoms with Gasteiger partial charge in [0, 0.05) is 11.3 Å². The highest BCUT2D eigenvalue weighted by Gasteiger charge is 2.04. The second-order valence-corrected chi connectivity index (χ2v) is 5.76. The third-order valence-corrected chi connectivity index (χ3v) is 3.66. The number of benzene rings is 2. The molecular weight excluding hydrogens is 346 g/mol. The van der Waals surface area contributed by atoms with E-state index in [0.717, 1.165) is 22.8 Å². The summed E-state index contributed by atoms with van der Waals surface area (Å²) in [5.41, 5.74) is 4.64. The molecule has 0 amide bonds. The van der Waals surface area contributed by atoms with E-state index in [1.807, 2.05) is 73.7 Å². The van der Waals surface area contributed by atoms with Gasteiger partial charge in [0.1, 0.15) is 17.3 Å². The molecule has 3 rings (SSSR count). The number of nitrogens with one attached hydrogen (secondary N) is 2. The zero-order valence-electron chi connectivity index (χ0n) is 14.3. The quantitative estimate of drug-likeness (QED) is 0.378. The normalized spacial score (nSPS) is 10.7. The molecule has 0 atom stereocenters. The average Bonchev–Trinajstić information content (AvgIpc) is 3.12. The van der Waals surface area contributed by atoms with Crippen LogP contribution in [0.25, 0.3) is 11.3 Å². The predicted octanol–water partition coefficient (Wildman–Crippen LogP) is 4.67. The van der Waals surface area contributed by atoms with Crippen molar-refractivity contribution in [1.82, 2.24) is 5.43 Å². The van der Waals surface area contributed by atoms with E-state index >= 15 is 0 Å². The Balaban J connectivity index is 1.56. The molecular formula is C20H19N3O2S. The molecule has 0 aliphatic carbocycles. The van der Waals surface area contributed by atoms with Crippen LogP contribution in [-0.2, 0) is 0 Å². The van der Waals surface area contributed by atoms with Gasteiger partial charge in [-0.1, -0.05) is 18.2 Å². The van der Waals surface area contributed by atoms with E-state index in [0.29, 0.717) is 17.5 Å². The molecule has 6 heteroatoms. The van der Waals surface area contributed by atoms with E-state index in [4.69, 9.17) is 21.4 Å². The summed E-state index contributed by atoms with van der Waals surface area (Å²) in [6, 6.07) is 21.2. The maximum Gasteiger partial charge on any atom is 0.191 e. The molecule has 0 fully saturated rings. The highest BCUT2D eigenvalue weighted by atomic mass is 32.1. The van der Waals surface area contributed by atoms with E-state index in [1.54, 1.807) is 6.21 Å². The Morgan fingerprint density at radius 2 is 1.85 bits per heavy atom. The number of para-hydroxylation sites is 1. The molecule has 0 spiro atoms. The van der Waals surface area contributed by atoms with Crippen LogP contribution in [0.3, 0.4) is 0 Å². The Morgan fingerprint density at radius 3 is 2.58 bits per heavy atom. The number of furan rings is 1. The molecule has 3 aromatic rings. The number of ether oxygens (including phenoxy) is 1. The van der Waals surface area contributed by atoms with Crippen LogP contribution in [0, 0.1) is 0 Å². The molecule has 0 aliphatic rings. The van der Waals surface area contributed by atoms with Gasteiger partial charge in [0.2, 0.25) is 0 Å². The fraction of sp³-hybridized carbons (Fsp3) is 0.100. The number of hydrogen-bond donors (Lipinski definition) is 2. The molecule has 0 aliphatic heterocycles. The Hall–Kier alpha value is -3.12.